The molecule has 0 bridgehead atoms. The normalized spacial score (nSPS) is 47.6. The second-order valence-corrected chi connectivity index (χ2v) is 13.7. The molecule has 0 unspecified atom stereocenters. The van der Waals surface area contributed by atoms with Crippen LogP contribution in [0.25, 0.3) is 0 Å². The van der Waals surface area contributed by atoms with Crippen LogP contribution in [-0.4, -0.2) is 26.7 Å². The van der Waals surface area contributed by atoms with Crippen LogP contribution in [0.1, 0.15) is 119 Å². The van der Waals surface area contributed by atoms with Gasteiger partial charge in [0.25, 0.3) is 0 Å². The molecule has 4 rings (SSSR count). The van der Waals surface area contributed by atoms with Crippen LogP contribution < -0.4 is 0 Å². The highest BCUT2D eigenvalue weighted by Crippen LogP contribution is 2.69. The van der Waals surface area contributed by atoms with Gasteiger partial charge < -0.3 is 15.3 Å². The summed E-state index contributed by atoms with van der Waals surface area (Å²) in [4.78, 5) is 0. The van der Waals surface area contributed by atoms with Crippen molar-refractivity contribution < 1.29 is 15.3 Å². The molecule has 0 amide bonds. The fourth-order valence-electron chi connectivity index (χ4n) is 9.55. The summed E-state index contributed by atoms with van der Waals surface area (Å²) in [5, 5.41) is 31.8. The second kappa shape index (κ2) is 8.52. The molecule has 0 spiro atoms. The standard InChI is InChI=1S/C29H52O3/c1-7-28(30)17-16-26(5)21(18-28)8-9-22-24-11-10-23(27(24,6)14-13-25(22)26)20(4)12-15-29(31,32)19(2)3/h19-25,30-32H,7-18H2,1-6H3/t20-,21+,22+,23-,24+,25+,26+,27-,28+/m1/s1. The molecule has 0 aromatic heterocycles. The molecule has 186 valence electrons. The summed E-state index contributed by atoms with van der Waals surface area (Å²) < 4.78 is 0. The third kappa shape index (κ3) is 4.01. The maximum absolute atomic E-state index is 11.0. The average molecular weight is 449 g/mol. The van der Waals surface area contributed by atoms with E-state index in [-0.39, 0.29) is 5.92 Å². The molecule has 0 heterocycles. The monoisotopic (exact) mass is 448 g/mol. The van der Waals surface area contributed by atoms with E-state index in [1.807, 2.05) is 13.8 Å². The van der Waals surface area contributed by atoms with Crippen molar-refractivity contribution >= 4 is 0 Å². The first-order valence-corrected chi connectivity index (χ1v) is 14.0. The molecule has 3 heteroatoms. The molecule has 0 aromatic rings. The molecule has 0 aliphatic heterocycles. The Balaban J connectivity index is 1.46. The average Bonchev–Trinajstić information content (AvgIpc) is 3.10. The second-order valence-electron chi connectivity index (χ2n) is 13.7. The molecule has 4 aliphatic rings. The highest BCUT2D eigenvalue weighted by Gasteiger charge is 2.61. The zero-order valence-electron chi connectivity index (χ0n) is 21.9. The Hall–Kier alpha value is -0.120. The Morgan fingerprint density at radius 3 is 2.22 bits per heavy atom. The highest BCUT2D eigenvalue weighted by molar-refractivity contribution is 5.10. The van der Waals surface area contributed by atoms with Crippen molar-refractivity contribution in [1.29, 1.82) is 0 Å². The molecule has 0 saturated heterocycles. The van der Waals surface area contributed by atoms with Gasteiger partial charge >= 0.3 is 0 Å². The van der Waals surface area contributed by atoms with E-state index in [0.29, 0.717) is 29.1 Å². The lowest BCUT2D eigenvalue weighted by molar-refractivity contribution is -0.199. The van der Waals surface area contributed by atoms with Crippen LogP contribution in [0, 0.1) is 52.3 Å². The third-order valence-corrected chi connectivity index (χ3v) is 12.1. The van der Waals surface area contributed by atoms with Gasteiger partial charge in [0.05, 0.1) is 5.60 Å². The Morgan fingerprint density at radius 1 is 0.875 bits per heavy atom. The Kier molecular flexibility index (Phi) is 6.65. The number of aliphatic hydroxyl groups is 3. The molecular formula is C29H52O3. The molecule has 0 aromatic carbocycles. The maximum atomic E-state index is 11.0. The van der Waals surface area contributed by atoms with E-state index in [1.54, 1.807) is 0 Å². The van der Waals surface area contributed by atoms with Gasteiger partial charge in [-0.05, 0) is 117 Å². The SMILES string of the molecule is CC[C@]1(O)CC[C@@]2(C)[C@@H](CC[C@@H]3[C@@H]2CC[C@]2(C)[C@@H]([C@H](C)CCC(O)(O)C(C)C)CC[C@@H]32)C1. The predicted octanol–water partition coefficient (Wildman–Crippen LogP) is 6.54. The first kappa shape index (κ1) is 25.0. The summed E-state index contributed by atoms with van der Waals surface area (Å²) >= 11 is 0. The van der Waals surface area contributed by atoms with E-state index in [4.69, 9.17) is 0 Å². The lowest BCUT2D eigenvalue weighted by Gasteiger charge is -2.62. The van der Waals surface area contributed by atoms with Crippen molar-refractivity contribution in [1.82, 2.24) is 0 Å². The van der Waals surface area contributed by atoms with Gasteiger partial charge in [0.2, 0.25) is 0 Å². The first-order chi connectivity index (χ1) is 14.9. The summed E-state index contributed by atoms with van der Waals surface area (Å²) in [5.74, 6) is 2.90. The summed E-state index contributed by atoms with van der Waals surface area (Å²) in [6, 6.07) is 0. The van der Waals surface area contributed by atoms with Gasteiger partial charge in [-0.2, -0.15) is 0 Å². The molecule has 4 fully saturated rings. The Bertz CT molecular complexity index is 673. The van der Waals surface area contributed by atoms with Crippen molar-refractivity contribution in [2.45, 2.75) is 130 Å². The van der Waals surface area contributed by atoms with E-state index in [0.717, 1.165) is 49.4 Å². The third-order valence-electron chi connectivity index (χ3n) is 12.1. The van der Waals surface area contributed by atoms with Gasteiger partial charge in [-0.3, -0.25) is 0 Å². The van der Waals surface area contributed by atoms with Gasteiger partial charge in [0.1, 0.15) is 0 Å². The van der Waals surface area contributed by atoms with E-state index in [9.17, 15) is 15.3 Å². The van der Waals surface area contributed by atoms with Crippen LogP contribution in [0.2, 0.25) is 0 Å². The van der Waals surface area contributed by atoms with Crippen LogP contribution in [-0.2, 0) is 0 Å². The zero-order valence-corrected chi connectivity index (χ0v) is 21.9. The molecule has 4 aliphatic carbocycles. The fourth-order valence-corrected chi connectivity index (χ4v) is 9.55. The van der Waals surface area contributed by atoms with E-state index in [1.165, 1.54) is 44.9 Å². The van der Waals surface area contributed by atoms with Crippen LogP contribution >= 0.6 is 0 Å². The van der Waals surface area contributed by atoms with Crippen molar-refractivity contribution in [2.24, 2.45) is 52.3 Å². The minimum atomic E-state index is -1.53. The summed E-state index contributed by atoms with van der Waals surface area (Å²) in [6.07, 6.45) is 13.7. The van der Waals surface area contributed by atoms with Crippen LogP contribution in [0.5, 0.6) is 0 Å². The van der Waals surface area contributed by atoms with Crippen molar-refractivity contribution in [2.75, 3.05) is 0 Å². The first-order valence-electron chi connectivity index (χ1n) is 14.0. The van der Waals surface area contributed by atoms with E-state index < -0.39 is 11.4 Å². The Morgan fingerprint density at radius 2 is 1.56 bits per heavy atom. The molecule has 4 saturated carbocycles. The van der Waals surface area contributed by atoms with Crippen molar-refractivity contribution in [3.8, 4) is 0 Å². The minimum absolute atomic E-state index is 0.117. The van der Waals surface area contributed by atoms with E-state index >= 15 is 0 Å². The predicted molar refractivity (Wildman–Crippen MR) is 131 cm³/mol. The molecule has 3 N–H and O–H groups in total. The highest BCUT2D eigenvalue weighted by atomic mass is 16.5. The van der Waals surface area contributed by atoms with Gasteiger partial charge in [-0.25, -0.2) is 0 Å². The van der Waals surface area contributed by atoms with Gasteiger partial charge in [0.15, 0.2) is 5.79 Å². The number of rotatable bonds is 6. The van der Waals surface area contributed by atoms with E-state index in [2.05, 4.69) is 27.7 Å². The largest absolute Gasteiger partial charge is 0.390 e. The van der Waals surface area contributed by atoms with Crippen LogP contribution in [0.4, 0.5) is 0 Å². The van der Waals surface area contributed by atoms with Gasteiger partial charge in [-0.1, -0.05) is 41.5 Å². The fraction of sp³-hybridized carbons (Fsp3) is 1.00. The number of hydrogen-bond donors (Lipinski definition) is 3. The molecule has 9 atom stereocenters. The zero-order chi connectivity index (χ0) is 23.5. The molecule has 0 radical (unpaired) electrons. The number of fused-ring (bicyclic) bond motifs is 5. The summed E-state index contributed by atoms with van der Waals surface area (Å²) in [5.41, 5.74) is 0.451. The lowest BCUT2D eigenvalue weighted by Crippen LogP contribution is -2.56. The lowest BCUT2D eigenvalue weighted by atomic mass is 9.43. The van der Waals surface area contributed by atoms with Crippen molar-refractivity contribution in [3.63, 3.8) is 0 Å². The van der Waals surface area contributed by atoms with Crippen molar-refractivity contribution in [3.05, 3.63) is 0 Å². The maximum Gasteiger partial charge on any atom is 0.164 e. The molecular weight excluding hydrogens is 396 g/mol. The number of hydrogen-bond acceptors (Lipinski definition) is 3. The Labute approximate surface area is 197 Å². The summed E-state index contributed by atoms with van der Waals surface area (Å²) in [7, 11) is 0. The van der Waals surface area contributed by atoms with Gasteiger partial charge in [0, 0.05) is 12.3 Å². The molecule has 32 heavy (non-hydrogen) atoms. The van der Waals surface area contributed by atoms with Crippen LogP contribution in [0.3, 0.4) is 0 Å². The quantitative estimate of drug-likeness (QED) is 0.404. The smallest absolute Gasteiger partial charge is 0.164 e. The topological polar surface area (TPSA) is 60.7 Å². The summed E-state index contributed by atoms with van der Waals surface area (Å²) in [6.45, 7) is 13.5. The minimum Gasteiger partial charge on any atom is -0.390 e. The van der Waals surface area contributed by atoms with Crippen LogP contribution in [0.15, 0.2) is 0 Å². The molecule has 3 nitrogen and oxygen atoms in total. The van der Waals surface area contributed by atoms with Gasteiger partial charge in [-0.15, -0.1) is 0 Å².